The Labute approximate surface area is 221 Å². The van der Waals surface area contributed by atoms with Gasteiger partial charge in [-0.05, 0) is 44.4 Å². The van der Waals surface area contributed by atoms with E-state index in [-0.39, 0.29) is 5.82 Å². The van der Waals surface area contributed by atoms with Crippen LogP contribution in [0.2, 0.25) is 0 Å². The van der Waals surface area contributed by atoms with Crippen LogP contribution < -0.4 is 4.74 Å². The summed E-state index contributed by atoms with van der Waals surface area (Å²) in [7, 11) is 3.59. The molecule has 3 heterocycles. The summed E-state index contributed by atoms with van der Waals surface area (Å²) in [6.45, 7) is 18.1. The first kappa shape index (κ1) is 31.4. The fourth-order valence-electron chi connectivity index (χ4n) is 3.36. The van der Waals surface area contributed by atoms with Gasteiger partial charge in [-0.25, -0.2) is 14.4 Å². The number of rotatable bonds is 5. The number of nitrogens with zero attached hydrogens (tertiary/aromatic N) is 7. The van der Waals surface area contributed by atoms with Gasteiger partial charge in [0.05, 0.1) is 25.2 Å². The van der Waals surface area contributed by atoms with E-state index in [1.54, 1.807) is 7.11 Å². The molecule has 37 heavy (non-hydrogen) atoms. The normalized spacial score (nSPS) is 9.97. The van der Waals surface area contributed by atoms with E-state index in [4.69, 9.17) is 4.74 Å². The molecule has 0 unspecified atom stereocenters. The summed E-state index contributed by atoms with van der Waals surface area (Å²) in [5.74, 6) is 3.15. The summed E-state index contributed by atoms with van der Waals surface area (Å²) >= 11 is 0. The van der Waals surface area contributed by atoms with Gasteiger partial charge in [0.2, 0.25) is 0 Å². The van der Waals surface area contributed by atoms with Crippen molar-refractivity contribution >= 4 is 0 Å². The lowest BCUT2D eigenvalue weighted by molar-refractivity contribution is 0.412. The van der Waals surface area contributed by atoms with E-state index >= 15 is 0 Å². The van der Waals surface area contributed by atoms with Crippen molar-refractivity contribution in [1.29, 1.82) is 0 Å². The minimum Gasteiger partial charge on any atom is -0.495 e. The topological polar surface area (TPSA) is 83.5 Å². The average molecular weight is 512 g/mol. The molecular weight excluding hydrogens is 469 g/mol. The third-order valence-corrected chi connectivity index (χ3v) is 5.08. The molecule has 9 heteroatoms. The van der Waals surface area contributed by atoms with Crippen molar-refractivity contribution in [1.82, 2.24) is 34.5 Å². The fourth-order valence-corrected chi connectivity index (χ4v) is 3.36. The van der Waals surface area contributed by atoms with Gasteiger partial charge in [-0.1, -0.05) is 53.7 Å². The van der Waals surface area contributed by atoms with E-state index in [0.717, 1.165) is 40.6 Å². The van der Waals surface area contributed by atoms with Crippen LogP contribution in [-0.2, 0) is 13.5 Å². The molecule has 4 rings (SSSR count). The highest BCUT2D eigenvalue weighted by atomic mass is 19.1. The number of para-hydroxylation sites is 1. The number of aryl methyl sites for hydroxylation is 4. The quantitative estimate of drug-likeness (QED) is 0.305. The molecule has 3 aromatic heterocycles. The first-order valence-electron chi connectivity index (χ1n) is 12.7. The zero-order chi connectivity index (χ0) is 28.1. The summed E-state index contributed by atoms with van der Waals surface area (Å²) in [4.78, 5) is 7.66. The van der Waals surface area contributed by atoms with Crippen LogP contribution in [-0.4, -0.2) is 41.6 Å². The molecule has 0 atom stereocenters. The number of benzene rings is 1. The van der Waals surface area contributed by atoms with E-state index in [2.05, 4.69) is 39.1 Å². The standard InChI is InChI=1S/C16H19N5O.C8H11FN2.2C2H6/c1-10-7-6-8-14(22-5)15(10)21-12(3)17-18-16(21)13-9-11(2)20(4)19-13;1-6(2)3-8-10-4-7(9)5-11-8;2*1-2/h6-9H,1-5H3;4-6H,3H2,1-2H3;2*1-2H3. The third kappa shape index (κ3) is 8.48. The zero-order valence-corrected chi connectivity index (χ0v) is 24.2. The van der Waals surface area contributed by atoms with Crippen LogP contribution in [0.25, 0.3) is 17.2 Å². The molecule has 0 saturated heterocycles. The molecule has 0 radical (unpaired) electrons. The molecule has 0 aliphatic carbocycles. The highest BCUT2D eigenvalue weighted by molar-refractivity contribution is 5.61. The summed E-state index contributed by atoms with van der Waals surface area (Å²) in [6, 6.07) is 7.96. The second kappa shape index (κ2) is 15.5. The Kier molecular flexibility index (Phi) is 13.1. The van der Waals surface area contributed by atoms with Gasteiger partial charge in [-0.2, -0.15) is 5.10 Å². The van der Waals surface area contributed by atoms with Crippen molar-refractivity contribution in [3.8, 4) is 23.0 Å². The minimum atomic E-state index is -0.377. The van der Waals surface area contributed by atoms with Crippen molar-refractivity contribution in [2.75, 3.05) is 7.11 Å². The molecule has 0 amide bonds. The van der Waals surface area contributed by atoms with Crippen molar-refractivity contribution in [3.05, 3.63) is 65.4 Å². The molecule has 0 aliphatic heterocycles. The van der Waals surface area contributed by atoms with E-state index < -0.39 is 0 Å². The lowest BCUT2D eigenvalue weighted by Crippen LogP contribution is -2.05. The summed E-state index contributed by atoms with van der Waals surface area (Å²) in [5.41, 5.74) is 3.91. The second-order valence-electron chi connectivity index (χ2n) is 8.24. The number of halogens is 1. The van der Waals surface area contributed by atoms with Crippen LogP contribution in [0.5, 0.6) is 5.75 Å². The van der Waals surface area contributed by atoms with E-state index in [1.165, 1.54) is 12.4 Å². The van der Waals surface area contributed by atoms with Crippen LogP contribution in [0.15, 0.2) is 36.7 Å². The summed E-state index contributed by atoms with van der Waals surface area (Å²) < 4.78 is 21.6. The number of aromatic nitrogens is 7. The predicted octanol–water partition coefficient (Wildman–Crippen LogP) is 6.47. The monoisotopic (exact) mass is 511 g/mol. The maximum Gasteiger partial charge on any atom is 0.189 e. The number of methoxy groups -OCH3 is 1. The van der Waals surface area contributed by atoms with Crippen molar-refractivity contribution in [2.45, 2.75) is 68.7 Å². The molecule has 8 nitrogen and oxygen atoms in total. The van der Waals surface area contributed by atoms with Crippen LogP contribution in [0, 0.1) is 32.5 Å². The summed E-state index contributed by atoms with van der Waals surface area (Å²) in [6.07, 6.45) is 3.20. The van der Waals surface area contributed by atoms with Gasteiger partial charge in [0.15, 0.2) is 11.6 Å². The first-order valence-corrected chi connectivity index (χ1v) is 12.7. The Balaban J connectivity index is 0.000000385. The van der Waals surface area contributed by atoms with Crippen LogP contribution in [0.1, 0.15) is 64.4 Å². The lowest BCUT2D eigenvalue weighted by atomic mass is 10.1. The fraction of sp³-hybridized carbons (Fsp3) is 0.464. The van der Waals surface area contributed by atoms with Crippen molar-refractivity contribution in [3.63, 3.8) is 0 Å². The average Bonchev–Trinajstić information content (AvgIpc) is 3.44. The maximum absolute atomic E-state index is 12.3. The molecule has 202 valence electrons. The van der Waals surface area contributed by atoms with E-state index in [9.17, 15) is 4.39 Å². The Morgan fingerprint density at radius 2 is 1.59 bits per heavy atom. The number of hydrogen-bond acceptors (Lipinski definition) is 6. The molecule has 1 aromatic carbocycles. The molecular formula is C28H42FN7O. The van der Waals surface area contributed by atoms with Crippen LogP contribution in [0.3, 0.4) is 0 Å². The summed E-state index contributed by atoms with van der Waals surface area (Å²) in [5, 5.41) is 13.1. The van der Waals surface area contributed by atoms with Gasteiger partial charge < -0.3 is 4.74 Å². The lowest BCUT2D eigenvalue weighted by Gasteiger charge is -2.14. The van der Waals surface area contributed by atoms with Gasteiger partial charge in [0, 0.05) is 19.2 Å². The van der Waals surface area contributed by atoms with Gasteiger partial charge in [0.25, 0.3) is 0 Å². The second-order valence-corrected chi connectivity index (χ2v) is 8.24. The smallest absolute Gasteiger partial charge is 0.189 e. The molecule has 4 aromatic rings. The predicted molar refractivity (Wildman–Crippen MR) is 148 cm³/mol. The minimum absolute atomic E-state index is 0.377. The van der Waals surface area contributed by atoms with Gasteiger partial charge >= 0.3 is 0 Å². The zero-order valence-electron chi connectivity index (χ0n) is 24.2. The molecule has 0 bridgehead atoms. The van der Waals surface area contributed by atoms with Crippen molar-refractivity contribution < 1.29 is 9.13 Å². The van der Waals surface area contributed by atoms with Gasteiger partial charge in [0.1, 0.15) is 23.1 Å². The number of hydrogen-bond donors (Lipinski definition) is 0. The third-order valence-electron chi connectivity index (χ3n) is 5.08. The molecule has 0 aliphatic rings. The largest absolute Gasteiger partial charge is 0.495 e. The molecule has 0 fully saturated rings. The van der Waals surface area contributed by atoms with Crippen molar-refractivity contribution in [2.24, 2.45) is 13.0 Å². The maximum atomic E-state index is 12.3. The Morgan fingerprint density at radius 1 is 0.973 bits per heavy atom. The molecule has 0 spiro atoms. The molecule has 0 N–H and O–H groups in total. The van der Waals surface area contributed by atoms with Gasteiger partial charge in [-0.15, -0.1) is 10.2 Å². The van der Waals surface area contributed by atoms with E-state index in [0.29, 0.717) is 17.6 Å². The highest BCUT2D eigenvalue weighted by Crippen LogP contribution is 2.31. The SMILES string of the molecule is CC.CC.CC(C)Cc1ncc(F)cn1.COc1cccc(C)c1-n1c(C)nnc1-c1cc(C)n(C)n1. The highest BCUT2D eigenvalue weighted by Gasteiger charge is 2.20. The van der Waals surface area contributed by atoms with Crippen LogP contribution >= 0.6 is 0 Å². The van der Waals surface area contributed by atoms with Crippen LogP contribution in [0.4, 0.5) is 4.39 Å². The number of ether oxygens (including phenoxy) is 1. The van der Waals surface area contributed by atoms with E-state index in [1.807, 2.05) is 89.0 Å². The molecule has 0 saturated carbocycles. The Hall–Kier alpha value is -3.62. The Morgan fingerprint density at radius 3 is 2.11 bits per heavy atom. The Bertz CT molecular complexity index is 1190. The first-order chi connectivity index (χ1) is 17.7. The van der Waals surface area contributed by atoms with Gasteiger partial charge in [-0.3, -0.25) is 9.25 Å².